The van der Waals surface area contributed by atoms with Crippen LogP contribution < -0.4 is 5.32 Å². The number of carbonyl (C=O) groups excluding carboxylic acids is 3. The number of rotatable bonds is 6. The highest BCUT2D eigenvalue weighted by Gasteiger charge is 2.54. The zero-order valence-corrected chi connectivity index (χ0v) is 18.7. The first-order valence-corrected chi connectivity index (χ1v) is 10.8. The van der Waals surface area contributed by atoms with Crippen LogP contribution in [0.4, 0.5) is 4.79 Å². The summed E-state index contributed by atoms with van der Waals surface area (Å²) >= 11 is 13.0. The number of phenolic OH excluding ortho intramolecular Hbond substituents is 1. The molecule has 2 aliphatic rings. The summed E-state index contributed by atoms with van der Waals surface area (Å²) in [5.41, 5.74) is 0.516. The van der Waals surface area contributed by atoms with Crippen molar-refractivity contribution in [2.24, 2.45) is 0 Å². The number of carbonyl (C=O) groups is 4. The average Bonchev–Trinajstić information content (AvgIpc) is 2.71. The topological polar surface area (TPSA) is 142 Å². The van der Waals surface area contributed by atoms with Crippen LogP contribution in [0.25, 0.3) is 5.57 Å². The van der Waals surface area contributed by atoms with E-state index in [2.05, 4.69) is 5.32 Å². The van der Waals surface area contributed by atoms with Crippen molar-refractivity contribution in [1.82, 2.24) is 10.2 Å². The predicted octanol–water partition coefficient (Wildman–Crippen LogP) is 2.41. The summed E-state index contributed by atoms with van der Waals surface area (Å²) in [6.07, 6.45) is -1.64. The number of amides is 2. The lowest BCUT2D eigenvalue weighted by Gasteiger charge is -2.49. The van der Waals surface area contributed by atoms with Gasteiger partial charge in [0.25, 0.3) is 11.8 Å². The van der Waals surface area contributed by atoms with Crippen LogP contribution >= 0.6 is 35.0 Å². The summed E-state index contributed by atoms with van der Waals surface area (Å²) in [6, 6.07) is 4.55. The van der Waals surface area contributed by atoms with E-state index < -0.39 is 35.4 Å². The van der Waals surface area contributed by atoms with E-state index in [1.54, 1.807) is 0 Å². The SMILES string of the molecule is CC(=O)OCC1=C(OC(=O)O)N2C(=O)C(NC(=O)C(=C(Cl)Cl)c3ccc(O)cc3)[C@@H]2SC1. The molecule has 0 radical (unpaired) electrons. The van der Waals surface area contributed by atoms with Crippen molar-refractivity contribution in [1.29, 1.82) is 0 Å². The Labute approximate surface area is 195 Å². The zero-order valence-electron chi connectivity index (χ0n) is 16.3. The molecule has 3 rings (SSSR count). The Hall–Kier alpha value is -2.89. The molecule has 2 amide bonds. The van der Waals surface area contributed by atoms with Crippen LogP contribution in [0.15, 0.2) is 40.2 Å². The number of thioether (sulfide) groups is 1. The van der Waals surface area contributed by atoms with Crippen LogP contribution in [0.5, 0.6) is 5.75 Å². The van der Waals surface area contributed by atoms with E-state index in [9.17, 15) is 24.3 Å². The lowest BCUT2D eigenvalue weighted by atomic mass is 10.0. The van der Waals surface area contributed by atoms with Crippen molar-refractivity contribution in [2.45, 2.75) is 18.3 Å². The number of nitrogens with one attached hydrogen (secondary N) is 1. The van der Waals surface area contributed by atoms with Crippen LogP contribution in [-0.4, -0.2) is 62.8 Å². The third-order valence-electron chi connectivity index (χ3n) is 4.48. The zero-order chi connectivity index (χ0) is 23.6. The number of carboxylic acid groups (broad SMARTS) is 1. The van der Waals surface area contributed by atoms with Gasteiger partial charge in [0.1, 0.15) is 28.3 Å². The average molecular weight is 503 g/mol. The highest BCUT2D eigenvalue weighted by atomic mass is 35.5. The molecule has 13 heteroatoms. The van der Waals surface area contributed by atoms with E-state index in [1.165, 1.54) is 43.0 Å². The molecule has 1 aromatic carbocycles. The molecule has 1 unspecified atom stereocenters. The fraction of sp³-hybridized carbons (Fsp3) is 0.263. The number of hydrogen-bond acceptors (Lipinski definition) is 8. The second-order valence-corrected chi connectivity index (χ2v) is 8.65. The number of benzene rings is 1. The number of fused-ring (bicyclic) bond motifs is 1. The fourth-order valence-electron chi connectivity index (χ4n) is 3.07. The Bertz CT molecular complexity index is 1040. The van der Waals surface area contributed by atoms with E-state index in [4.69, 9.17) is 37.8 Å². The molecule has 0 bridgehead atoms. The van der Waals surface area contributed by atoms with Gasteiger partial charge in [0.05, 0.1) is 5.57 Å². The Balaban J connectivity index is 1.80. The molecule has 0 saturated carbocycles. The summed E-state index contributed by atoms with van der Waals surface area (Å²) in [5.74, 6) is -2.00. The summed E-state index contributed by atoms with van der Waals surface area (Å²) < 4.78 is 9.33. The lowest BCUT2D eigenvalue weighted by Crippen LogP contribution is -2.70. The van der Waals surface area contributed by atoms with E-state index in [-0.39, 0.29) is 34.1 Å². The summed E-state index contributed by atoms with van der Waals surface area (Å²) in [6.45, 7) is 0.951. The largest absolute Gasteiger partial charge is 0.512 e. The number of esters is 1. The summed E-state index contributed by atoms with van der Waals surface area (Å²) in [7, 11) is 0. The van der Waals surface area contributed by atoms with Gasteiger partial charge in [-0.05, 0) is 17.7 Å². The fourth-order valence-corrected chi connectivity index (χ4v) is 4.76. The monoisotopic (exact) mass is 502 g/mol. The Kier molecular flexibility index (Phi) is 7.22. The van der Waals surface area contributed by atoms with Gasteiger partial charge in [0.15, 0.2) is 0 Å². The van der Waals surface area contributed by atoms with Gasteiger partial charge in [0, 0.05) is 18.2 Å². The maximum atomic E-state index is 12.8. The van der Waals surface area contributed by atoms with Crippen LogP contribution in [0, 0.1) is 0 Å². The predicted molar refractivity (Wildman–Crippen MR) is 115 cm³/mol. The van der Waals surface area contributed by atoms with Gasteiger partial charge < -0.3 is 25.0 Å². The van der Waals surface area contributed by atoms with Crippen LogP contribution in [-0.2, 0) is 23.9 Å². The number of β-lactam (4-membered cyclic amide) rings is 1. The van der Waals surface area contributed by atoms with Gasteiger partial charge in [-0.3, -0.25) is 19.3 Å². The summed E-state index contributed by atoms with van der Waals surface area (Å²) in [4.78, 5) is 48.8. The highest BCUT2D eigenvalue weighted by molar-refractivity contribution is 8.00. The van der Waals surface area contributed by atoms with Crippen LogP contribution in [0.2, 0.25) is 0 Å². The Morgan fingerprint density at radius 2 is 1.91 bits per heavy atom. The number of phenols is 1. The Morgan fingerprint density at radius 1 is 1.25 bits per heavy atom. The molecular weight excluding hydrogens is 487 g/mol. The van der Waals surface area contributed by atoms with Crippen molar-refractivity contribution in [3.05, 3.63) is 45.8 Å². The molecule has 0 spiro atoms. The van der Waals surface area contributed by atoms with Crippen molar-refractivity contribution >= 4 is 64.5 Å². The first-order chi connectivity index (χ1) is 15.1. The van der Waals surface area contributed by atoms with E-state index >= 15 is 0 Å². The smallest absolute Gasteiger partial charge is 0.508 e. The number of ether oxygens (including phenoxy) is 2. The van der Waals surface area contributed by atoms with E-state index in [1.807, 2.05) is 0 Å². The van der Waals surface area contributed by atoms with Crippen molar-refractivity contribution in [3.8, 4) is 5.75 Å². The van der Waals surface area contributed by atoms with Gasteiger partial charge >= 0.3 is 12.1 Å². The van der Waals surface area contributed by atoms with Crippen molar-refractivity contribution in [2.75, 3.05) is 12.4 Å². The third-order valence-corrected chi connectivity index (χ3v) is 6.20. The molecule has 3 N–H and O–H groups in total. The molecular formula is C19H16Cl2N2O8S. The summed E-state index contributed by atoms with van der Waals surface area (Å²) in [5, 5.41) is 20.4. The third kappa shape index (κ3) is 4.95. The Morgan fingerprint density at radius 3 is 2.47 bits per heavy atom. The van der Waals surface area contributed by atoms with Gasteiger partial charge in [-0.1, -0.05) is 35.3 Å². The molecule has 2 atom stereocenters. The minimum atomic E-state index is -1.64. The van der Waals surface area contributed by atoms with Gasteiger partial charge in [-0.2, -0.15) is 0 Å². The molecule has 32 heavy (non-hydrogen) atoms. The van der Waals surface area contributed by atoms with Crippen molar-refractivity contribution < 1.29 is 38.9 Å². The van der Waals surface area contributed by atoms with Gasteiger partial charge in [0.2, 0.25) is 5.88 Å². The molecule has 10 nitrogen and oxygen atoms in total. The van der Waals surface area contributed by atoms with Crippen molar-refractivity contribution in [3.63, 3.8) is 0 Å². The highest BCUT2D eigenvalue weighted by Crippen LogP contribution is 2.41. The molecule has 0 aliphatic carbocycles. The minimum absolute atomic E-state index is 0.0232. The van der Waals surface area contributed by atoms with Gasteiger partial charge in [-0.15, -0.1) is 11.8 Å². The van der Waals surface area contributed by atoms with Gasteiger partial charge in [-0.25, -0.2) is 4.79 Å². The molecule has 1 aromatic rings. The first-order valence-electron chi connectivity index (χ1n) is 8.96. The maximum absolute atomic E-state index is 12.8. The van der Waals surface area contributed by atoms with E-state index in [0.717, 1.165) is 4.90 Å². The maximum Gasteiger partial charge on any atom is 0.512 e. The number of nitrogens with zero attached hydrogens (tertiary/aromatic N) is 1. The molecule has 2 aliphatic heterocycles. The normalized spacial score (nSPS) is 19.5. The number of halogens is 2. The molecule has 0 aromatic heterocycles. The second kappa shape index (κ2) is 9.72. The first kappa shape index (κ1) is 23.8. The second-order valence-electron chi connectivity index (χ2n) is 6.60. The molecule has 1 saturated heterocycles. The van der Waals surface area contributed by atoms with Crippen LogP contribution in [0.1, 0.15) is 12.5 Å². The van der Waals surface area contributed by atoms with E-state index in [0.29, 0.717) is 11.1 Å². The quantitative estimate of drug-likeness (QED) is 0.303. The molecule has 2 heterocycles. The van der Waals surface area contributed by atoms with Crippen LogP contribution in [0.3, 0.4) is 0 Å². The number of aromatic hydroxyl groups is 1. The number of hydrogen-bond donors (Lipinski definition) is 3. The lowest BCUT2D eigenvalue weighted by molar-refractivity contribution is -0.148. The standard InChI is InChI=1S/C19H16Cl2N2O8S/c1-8(24)30-6-10-7-32-18-13(16(27)23(18)17(10)31-19(28)29)22-15(26)12(14(20)21)9-2-4-11(25)5-3-9/h2-5,13,18,25H,6-7H2,1H3,(H,22,26)(H,28,29)/t13?,18-/m0/s1. The minimum Gasteiger partial charge on any atom is -0.508 e. The molecule has 1 fully saturated rings. The molecule has 170 valence electrons.